The van der Waals surface area contributed by atoms with Crippen LogP contribution in [0.1, 0.15) is 81.0 Å². The number of fused-ring (bicyclic) bond motifs is 1. The van der Waals surface area contributed by atoms with Crippen LogP contribution in [0.2, 0.25) is 0 Å². The number of nitrogens with one attached hydrogen (secondary N) is 10. The normalized spacial score (nSPS) is 16.6. The maximum atomic E-state index is 14.9. The lowest BCUT2D eigenvalue weighted by Crippen LogP contribution is -2.61. The van der Waals surface area contributed by atoms with E-state index < -0.39 is 127 Å². The average Bonchev–Trinajstić information content (AvgIpc) is 1.85. The fourth-order valence-corrected chi connectivity index (χ4v) is 11.1. The van der Waals surface area contributed by atoms with Crippen LogP contribution in [0, 0.1) is 5.92 Å². The van der Waals surface area contributed by atoms with Crippen LogP contribution in [-0.2, 0) is 78.4 Å². The number of likely N-dealkylation sites (tertiary alicyclic amines) is 1. The average molecular weight is 1280 g/mol. The number of rotatable bonds is 33. The van der Waals surface area contributed by atoms with Crippen molar-refractivity contribution in [3.8, 4) is 5.75 Å². The summed E-state index contributed by atoms with van der Waals surface area (Å²) in [6, 6.07) is 18.3. The molecule has 93 heavy (non-hydrogen) atoms. The van der Waals surface area contributed by atoms with Crippen LogP contribution in [0.4, 0.5) is 0 Å². The SMILES string of the molecule is CC(C)C[C@H](NC(=O)[C@@H](Cc1ccccc1)NC(=O)[C@H](Cc1ccc(O)cc1)NC(=O)[C@H](CO)NC(=O)[C@H](Cc1c[nH]c2ccccc12)NC(=O)[C@@H](Cc1ccccc1)NC(=O)[C@@H]1CCC(=O)N1)C(=O)N[C@@H](CCCN=C(N)N)C(=O)N1CCC[C@H]1C(=O)NCC(N)=O. The Labute approximate surface area is 537 Å². The summed E-state index contributed by atoms with van der Waals surface area (Å²) < 4.78 is 0. The molecule has 18 N–H and O–H groups in total. The second-order valence-corrected chi connectivity index (χ2v) is 23.5. The quantitative estimate of drug-likeness (QED) is 0.0129. The number of hydrogen-bond donors (Lipinski definition) is 15. The number of primary amides is 1. The van der Waals surface area contributed by atoms with E-state index in [9.17, 15) is 63.0 Å². The fraction of sp³-hybridized carbons (Fsp3) is 0.415. The Morgan fingerprint density at radius 3 is 1.66 bits per heavy atom. The second kappa shape index (κ2) is 34.2. The summed E-state index contributed by atoms with van der Waals surface area (Å²) in [7, 11) is 0. The zero-order valence-corrected chi connectivity index (χ0v) is 51.9. The number of guanidine groups is 1. The lowest BCUT2D eigenvalue weighted by atomic mass is 9.99. The van der Waals surface area contributed by atoms with E-state index in [0.717, 1.165) is 0 Å². The molecule has 0 unspecified atom stereocenters. The predicted octanol–water partition coefficient (Wildman–Crippen LogP) is -1.50. The van der Waals surface area contributed by atoms with Crippen LogP contribution < -0.4 is 65.1 Å². The number of para-hydroxylation sites is 1. The molecule has 28 nitrogen and oxygen atoms in total. The van der Waals surface area contributed by atoms with Crippen molar-refractivity contribution in [3.05, 3.63) is 138 Å². The number of aliphatic imine (C=N–C) groups is 1. The van der Waals surface area contributed by atoms with Crippen molar-refractivity contribution < 1.29 is 63.0 Å². The van der Waals surface area contributed by atoms with Crippen LogP contribution in [0.15, 0.2) is 120 Å². The molecule has 0 bridgehead atoms. The largest absolute Gasteiger partial charge is 0.508 e. The Morgan fingerprint density at radius 1 is 0.602 bits per heavy atom. The minimum absolute atomic E-state index is 0.000220. The molecule has 28 heteroatoms. The number of aromatic amines is 1. The number of nitrogens with two attached hydrogens (primary N) is 3. The van der Waals surface area contributed by atoms with Gasteiger partial charge in [-0.3, -0.25) is 57.7 Å². The minimum Gasteiger partial charge on any atom is -0.508 e. The first-order valence-corrected chi connectivity index (χ1v) is 30.9. The molecule has 2 fully saturated rings. The molecule has 0 saturated carbocycles. The molecule has 7 rings (SSSR count). The number of aromatic hydroxyl groups is 1. The number of hydrogen-bond acceptors (Lipinski definition) is 14. The van der Waals surface area contributed by atoms with Crippen LogP contribution in [0.25, 0.3) is 10.9 Å². The van der Waals surface area contributed by atoms with E-state index in [1.165, 1.54) is 29.2 Å². The van der Waals surface area contributed by atoms with Crippen molar-refractivity contribution in [1.82, 2.24) is 57.7 Å². The summed E-state index contributed by atoms with van der Waals surface area (Å²) in [5.41, 5.74) is 19.3. The van der Waals surface area contributed by atoms with E-state index >= 15 is 0 Å². The molecule has 2 aliphatic rings. The molecule has 1 aromatic heterocycles. The van der Waals surface area contributed by atoms with Crippen molar-refractivity contribution in [3.63, 3.8) is 0 Å². The molecule has 496 valence electrons. The Bertz CT molecular complexity index is 3470. The molecule has 0 spiro atoms. The number of aliphatic hydroxyl groups is 1. The van der Waals surface area contributed by atoms with Gasteiger partial charge in [0.05, 0.1) is 13.2 Å². The minimum atomic E-state index is -1.78. The number of phenolic OH excluding ortho intramolecular Hbond substituents is 1. The number of benzene rings is 4. The molecule has 2 aliphatic heterocycles. The first-order valence-electron chi connectivity index (χ1n) is 30.9. The number of H-pyrrole nitrogens is 1. The molecule has 2 saturated heterocycles. The molecular formula is C65H83N15O13. The Hall–Kier alpha value is -10.4. The fourth-order valence-electron chi connectivity index (χ4n) is 11.1. The lowest BCUT2D eigenvalue weighted by Gasteiger charge is -2.30. The molecule has 0 radical (unpaired) electrons. The molecule has 9 atom stereocenters. The summed E-state index contributed by atoms with van der Waals surface area (Å²) in [6.07, 6.45) is 2.30. The van der Waals surface area contributed by atoms with Gasteiger partial charge in [0, 0.05) is 62.3 Å². The summed E-state index contributed by atoms with van der Waals surface area (Å²) in [6.45, 7) is 2.36. The van der Waals surface area contributed by atoms with Crippen molar-refractivity contribution in [2.75, 3.05) is 26.2 Å². The smallest absolute Gasteiger partial charge is 0.245 e. The zero-order chi connectivity index (χ0) is 67.1. The topological polar surface area (TPSA) is 446 Å². The first kappa shape index (κ1) is 70.1. The van der Waals surface area contributed by atoms with E-state index in [-0.39, 0.29) is 101 Å². The molecule has 0 aliphatic carbocycles. The second-order valence-electron chi connectivity index (χ2n) is 23.5. The van der Waals surface area contributed by atoms with Crippen LogP contribution >= 0.6 is 0 Å². The van der Waals surface area contributed by atoms with Crippen LogP contribution in [0.3, 0.4) is 0 Å². The number of amides is 11. The Balaban J connectivity index is 1.13. The van der Waals surface area contributed by atoms with Gasteiger partial charge in [-0.2, -0.15) is 0 Å². The van der Waals surface area contributed by atoms with Gasteiger partial charge in [0.25, 0.3) is 0 Å². The number of nitrogens with zero attached hydrogens (tertiary/aromatic N) is 2. The maximum Gasteiger partial charge on any atom is 0.245 e. The molecular weight excluding hydrogens is 1200 g/mol. The Kier molecular flexibility index (Phi) is 25.7. The number of carbonyl (C=O) groups is 11. The van der Waals surface area contributed by atoms with Gasteiger partial charge < -0.3 is 85.1 Å². The van der Waals surface area contributed by atoms with Crippen molar-refractivity contribution in [2.45, 2.75) is 139 Å². The third kappa shape index (κ3) is 21.1. The summed E-state index contributed by atoms with van der Waals surface area (Å²) in [5.74, 6) is -8.83. The van der Waals surface area contributed by atoms with E-state index in [1.54, 1.807) is 98.9 Å². The van der Waals surface area contributed by atoms with Crippen LogP contribution in [0.5, 0.6) is 5.75 Å². The highest BCUT2D eigenvalue weighted by Gasteiger charge is 2.40. The van der Waals surface area contributed by atoms with Gasteiger partial charge >= 0.3 is 0 Å². The van der Waals surface area contributed by atoms with E-state index in [4.69, 9.17) is 17.2 Å². The molecule has 3 heterocycles. The van der Waals surface area contributed by atoms with Crippen LogP contribution in [-0.4, -0.2) is 172 Å². The molecule has 11 amide bonds. The number of aromatic nitrogens is 1. The van der Waals surface area contributed by atoms with Gasteiger partial charge in [-0.25, -0.2) is 0 Å². The maximum absolute atomic E-state index is 14.9. The first-order chi connectivity index (χ1) is 44.5. The molecule has 5 aromatic rings. The van der Waals surface area contributed by atoms with Gasteiger partial charge in [-0.15, -0.1) is 0 Å². The Morgan fingerprint density at radius 2 is 1.11 bits per heavy atom. The number of aliphatic hydroxyl groups excluding tert-OH is 1. The zero-order valence-electron chi connectivity index (χ0n) is 51.9. The third-order valence-electron chi connectivity index (χ3n) is 15.9. The van der Waals surface area contributed by atoms with E-state index in [1.807, 2.05) is 6.07 Å². The van der Waals surface area contributed by atoms with Crippen molar-refractivity contribution in [1.29, 1.82) is 0 Å². The summed E-state index contributed by atoms with van der Waals surface area (Å²) in [4.78, 5) is 161. The third-order valence-corrected chi connectivity index (χ3v) is 15.9. The van der Waals surface area contributed by atoms with Gasteiger partial charge in [0.15, 0.2) is 5.96 Å². The number of phenols is 1. The van der Waals surface area contributed by atoms with Gasteiger partial charge in [-0.05, 0) is 84.9 Å². The van der Waals surface area contributed by atoms with Gasteiger partial charge in [0.1, 0.15) is 60.1 Å². The van der Waals surface area contributed by atoms with Crippen molar-refractivity contribution >= 4 is 81.8 Å². The summed E-state index contributed by atoms with van der Waals surface area (Å²) >= 11 is 0. The monoisotopic (exact) mass is 1280 g/mol. The van der Waals surface area contributed by atoms with E-state index in [0.29, 0.717) is 39.6 Å². The summed E-state index contributed by atoms with van der Waals surface area (Å²) in [5, 5.41) is 45.8. The molecule has 4 aromatic carbocycles. The lowest BCUT2D eigenvalue weighted by molar-refractivity contribution is -0.142. The highest BCUT2D eigenvalue weighted by Crippen LogP contribution is 2.23. The highest BCUT2D eigenvalue weighted by molar-refractivity contribution is 6.00. The predicted molar refractivity (Wildman–Crippen MR) is 342 cm³/mol. The standard InChI is InChI=1S/C65H83N15O13/c1-37(2)29-47(57(86)73-46(19-11-27-69-65(67)68)64(93)80-28-12-20-53(80)63(92)71-35-54(66)83)74-58(87)49(31-39-15-7-4-8-16-39)76-59(88)50(32-40-21-23-42(82)24-22-40)77-62(91)52(36-81)79-61(90)51(33-41-34-70-44-18-10-9-17-43(41)44)78-60(89)48(30-38-13-5-3-6-14-38)75-56(85)45-25-26-55(84)72-45/h3-10,13-18,21-24,34,37,45-53,70,81-82H,11-12,19-20,25-33,35-36H2,1-2H3,(H2,66,83)(H,71,92)(H,72,84)(H,73,86)(H,74,87)(H,75,85)(H,76,88)(H,77,91)(H,78,89)(H,79,90)(H4,67,68,69)/t45-,46-,47-,48+,49+,50-,51-,52-,53-/m0/s1. The van der Waals surface area contributed by atoms with Gasteiger partial charge in [-0.1, -0.05) is 105 Å². The van der Waals surface area contributed by atoms with Gasteiger partial charge in [0.2, 0.25) is 65.0 Å². The number of carbonyl (C=O) groups excluding carboxylic acids is 11. The van der Waals surface area contributed by atoms with E-state index in [2.05, 4.69) is 57.8 Å². The van der Waals surface area contributed by atoms with Crippen molar-refractivity contribution in [2.24, 2.45) is 28.1 Å². The highest BCUT2D eigenvalue weighted by atomic mass is 16.3.